The van der Waals surface area contributed by atoms with E-state index in [1.807, 2.05) is 67.3 Å². The molecule has 2 aromatic carbocycles. The molecule has 0 saturated heterocycles. The lowest BCUT2D eigenvalue weighted by Crippen LogP contribution is -2.31. The molecule has 1 amide bonds. The van der Waals surface area contributed by atoms with Crippen molar-refractivity contribution >= 4 is 16.9 Å². The Morgan fingerprint density at radius 1 is 0.960 bits per heavy atom. The molecule has 25 heavy (non-hydrogen) atoms. The molecule has 0 atom stereocenters. The molecule has 1 aromatic heterocycles. The number of carbonyl (C=O) groups is 1. The molecule has 0 radical (unpaired) electrons. The van der Waals surface area contributed by atoms with Crippen LogP contribution in [0.25, 0.3) is 11.0 Å². The van der Waals surface area contributed by atoms with Gasteiger partial charge >= 0.3 is 0 Å². The van der Waals surface area contributed by atoms with Crippen LogP contribution < -0.4 is 0 Å². The first-order valence-corrected chi connectivity index (χ1v) is 8.66. The molecule has 3 rings (SSSR count). The van der Waals surface area contributed by atoms with Crippen LogP contribution in [0.5, 0.6) is 0 Å². The summed E-state index contributed by atoms with van der Waals surface area (Å²) in [6.45, 7) is 7.32. The third-order valence-corrected chi connectivity index (χ3v) is 4.32. The molecule has 0 spiro atoms. The number of aromatic nitrogens is 2. The number of hydrogen-bond donors (Lipinski definition) is 0. The molecule has 0 aliphatic rings. The molecule has 0 fully saturated rings. The molecule has 0 aliphatic heterocycles. The molecule has 4 nitrogen and oxygen atoms in total. The Labute approximate surface area is 148 Å². The van der Waals surface area contributed by atoms with E-state index in [9.17, 15) is 4.79 Å². The zero-order valence-electron chi connectivity index (χ0n) is 15.0. The van der Waals surface area contributed by atoms with Crippen LogP contribution in [0, 0.1) is 13.8 Å². The molecule has 0 bridgehead atoms. The van der Waals surface area contributed by atoms with Gasteiger partial charge in [-0.05, 0) is 44.0 Å². The van der Waals surface area contributed by atoms with Crippen LogP contribution >= 0.6 is 0 Å². The Bertz CT molecular complexity index is 890. The van der Waals surface area contributed by atoms with Crippen LogP contribution in [0.15, 0.2) is 48.5 Å². The van der Waals surface area contributed by atoms with Crippen LogP contribution in [-0.4, -0.2) is 27.3 Å². The molecular weight excluding hydrogens is 310 g/mol. The average Bonchev–Trinajstić information content (AvgIpc) is 2.62. The lowest BCUT2D eigenvalue weighted by atomic mass is 10.1. The van der Waals surface area contributed by atoms with Crippen molar-refractivity contribution in [1.82, 2.24) is 14.9 Å². The van der Waals surface area contributed by atoms with Crippen LogP contribution in [0.4, 0.5) is 0 Å². The van der Waals surface area contributed by atoms with E-state index in [1.54, 1.807) is 0 Å². The van der Waals surface area contributed by atoms with Gasteiger partial charge in [0.1, 0.15) is 0 Å². The fraction of sp³-hybridized carbons (Fsp3) is 0.286. The minimum absolute atomic E-state index is 0.0348. The standard InChI is InChI=1S/C21H23N3O/c1-4-12-24(14-17-8-6-5-7-9-17)21(25)18-10-11-19-20(13-18)23-16(3)15(2)22-19/h5-11,13H,4,12,14H2,1-3H3. The maximum Gasteiger partial charge on any atom is 0.254 e. The molecule has 0 N–H and O–H groups in total. The van der Waals surface area contributed by atoms with Crippen molar-refractivity contribution in [2.75, 3.05) is 6.54 Å². The van der Waals surface area contributed by atoms with Crippen LogP contribution in [-0.2, 0) is 6.54 Å². The van der Waals surface area contributed by atoms with Gasteiger partial charge in [-0.3, -0.25) is 4.79 Å². The predicted octanol–water partition coefficient (Wildman–Crippen LogP) is 4.30. The van der Waals surface area contributed by atoms with Gasteiger partial charge in [-0.25, -0.2) is 9.97 Å². The SMILES string of the molecule is CCCN(Cc1ccccc1)C(=O)c1ccc2nc(C)c(C)nc2c1. The van der Waals surface area contributed by atoms with E-state index in [-0.39, 0.29) is 5.91 Å². The maximum absolute atomic E-state index is 13.0. The first-order valence-electron chi connectivity index (χ1n) is 8.66. The van der Waals surface area contributed by atoms with E-state index in [4.69, 9.17) is 0 Å². The number of carbonyl (C=O) groups excluding carboxylic acids is 1. The van der Waals surface area contributed by atoms with Gasteiger partial charge in [-0.1, -0.05) is 37.3 Å². The van der Waals surface area contributed by atoms with E-state index in [0.29, 0.717) is 12.1 Å². The molecule has 3 aromatic rings. The second-order valence-corrected chi connectivity index (χ2v) is 6.31. The van der Waals surface area contributed by atoms with Crippen molar-refractivity contribution in [2.24, 2.45) is 0 Å². The summed E-state index contributed by atoms with van der Waals surface area (Å²) < 4.78 is 0. The molecule has 1 heterocycles. The first-order chi connectivity index (χ1) is 12.1. The number of nitrogens with zero attached hydrogens (tertiary/aromatic N) is 3. The molecule has 4 heteroatoms. The van der Waals surface area contributed by atoms with E-state index in [0.717, 1.165) is 41.0 Å². The van der Waals surface area contributed by atoms with E-state index in [1.165, 1.54) is 0 Å². The number of hydrogen-bond acceptors (Lipinski definition) is 3. The van der Waals surface area contributed by atoms with Crippen LogP contribution in [0.1, 0.15) is 40.7 Å². The van der Waals surface area contributed by atoms with E-state index < -0.39 is 0 Å². The summed E-state index contributed by atoms with van der Waals surface area (Å²) >= 11 is 0. The minimum Gasteiger partial charge on any atom is -0.334 e. The summed E-state index contributed by atoms with van der Waals surface area (Å²) in [6.07, 6.45) is 0.921. The fourth-order valence-electron chi connectivity index (χ4n) is 2.87. The highest BCUT2D eigenvalue weighted by Crippen LogP contribution is 2.17. The summed E-state index contributed by atoms with van der Waals surface area (Å²) in [5, 5.41) is 0. The molecule has 0 aliphatic carbocycles. The largest absolute Gasteiger partial charge is 0.334 e. The number of rotatable bonds is 5. The molecular formula is C21H23N3O. The third-order valence-electron chi connectivity index (χ3n) is 4.32. The normalized spacial score (nSPS) is 10.8. The highest BCUT2D eigenvalue weighted by atomic mass is 16.2. The van der Waals surface area contributed by atoms with Crippen molar-refractivity contribution in [1.29, 1.82) is 0 Å². The average molecular weight is 333 g/mol. The van der Waals surface area contributed by atoms with Crippen LogP contribution in [0.2, 0.25) is 0 Å². The number of aryl methyl sites for hydroxylation is 2. The van der Waals surface area contributed by atoms with Gasteiger partial charge < -0.3 is 4.90 Å². The van der Waals surface area contributed by atoms with Crippen molar-refractivity contribution in [3.63, 3.8) is 0 Å². The van der Waals surface area contributed by atoms with Crippen molar-refractivity contribution in [3.8, 4) is 0 Å². The van der Waals surface area contributed by atoms with Gasteiger partial charge in [-0.2, -0.15) is 0 Å². The van der Waals surface area contributed by atoms with Crippen molar-refractivity contribution < 1.29 is 4.79 Å². The Hall–Kier alpha value is -2.75. The van der Waals surface area contributed by atoms with Gasteiger partial charge in [0.2, 0.25) is 0 Å². The maximum atomic E-state index is 13.0. The van der Waals surface area contributed by atoms with E-state index >= 15 is 0 Å². The zero-order valence-corrected chi connectivity index (χ0v) is 15.0. The molecule has 0 saturated carbocycles. The fourth-order valence-corrected chi connectivity index (χ4v) is 2.87. The van der Waals surface area contributed by atoms with Gasteiger partial charge in [0.05, 0.1) is 22.4 Å². The lowest BCUT2D eigenvalue weighted by Gasteiger charge is -2.22. The summed E-state index contributed by atoms with van der Waals surface area (Å²) in [7, 11) is 0. The quantitative estimate of drug-likeness (QED) is 0.699. The second-order valence-electron chi connectivity index (χ2n) is 6.31. The summed E-state index contributed by atoms with van der Waals surface area (Å²) in [5.41, 5.74) is 5.20. The smallest absolute Gasteiger partial charge is 0.254 e. The Morgan fingerprint density at radius 2 is 1.64 bits per heavy atom. The van der Waals surface area contributed by atoms with Gasteiger partial charge in [0.15, 0.2) is 0 Å². The highest BCUT2D eigenvalue weighted by Gasteiger charge is 2.16. The summed E-state index contributed by atoms with van der Waals surface area (Å²) in [5.74, 6) is 0.0348. The lowest BCUT2D eigenvalue weighted by molar-refractivity contribution is 0.0743. The van der Waals surface area contributed by atoms with Crippen LogP contribution in [0.3, 0.4) is 0 Å². The van der Waals surface area contributed by atoms with Gasteiger partial charge in [0, 0.05) is 18.7 Å². The predicted molar refractivity (Wildman–Crippen MR) is 100 cm³/mol. The number of fused-ring (bicyclic) bond motifs is 1. The number of amides is 1. The summed E-state index contributed by atoms with van der Waals surface area (Å²) in [4.78, 5) is 24.0. The Kier molecular flexibility index (Phi) is 5.08. The Morgan fingerprint density at radius 3 is 2.32 bits per heavy atom. The topological polar surface area (TPSA) is 46.1 Å². The van der Waals surface area contributed by atoms with Crippen molar-refractivity contribution in [3.05, 3.63) is 71.0 Å². The number of benzene rings is 2. The van der Waals surface area contributed by atoms with E-state index in [2.05, 4.69) is 16.9 Å². The first kappa shape index (κ1) is 17.1. The second kappa shape index (κ2) is 7.43. The third kappa shape index (κ3) is 3.85. The van der Waals surface area contributed by atoms with Gasteiger partial charge in [-0.15, -0.1) is 0 Å². The Balaban J connectivity index is 1.91. The minimum atomic E-state index is 0.0348. The molecule has 128 valence electrons. The summed E-state index contributed by atoms with van der Waals surface area (Å²) in [6, 6.07) is 15.7. The monoisotopic (exact) mass is 333 g/mol. The molecule has 0 unspecified atom stereocenters. The van der Waals surface area contributed by atoms with Gasteiger partial charge in [0.25, 0.3) is 5.91 Å². The zero-order chi connectivity index (χ0) is 17.8. The highest BCUT2D eigenvalue weighted by molar-refractivity contribution is 5.97. The van der Waals surface area contributed by atoms with Crippen molar-refractivity contribution in [2.45, 2.75) is 33.7 Å².